The van der Waals surface area contributed by atoms with E-state index in [9.17, 15) is 4.79 Å². The van der Waals surface area contributed by atoms with Gasteiger partial charge >= 0.3 is 0 Å². The average Bonchev–Trinajstić information content (AvgIpc) is 2.07. The first-order valence-electron chi connectivity index (χ1n) is 3.62. The lowest BCUT2D eigenvalue weighted by atomic mass is 10.2. The van der Waals surface area contributed by atoms with Crippen molar-refractivity contribution >= 4 is 17.3 Å². The molecule has 1 unspecified atom stereocenters. The van der Waals surface area contributed by atoms with E-state index in [1.165, 1.54) is 0 Å². The van der Waals surface area contributed by atoms with Crippen LogP contribution in [0, 0.1) is 0 Å². The van der Waals surface area contributed by atoms with E-state index in [2.05, 4.69) is 10.6 Å². The number of rotatable bonds is 0. The minimum Gasteiger partial charge on any atom is -0.366 e. The van der Waals surface area contributed by atoms with Crippen LogP contribution in [0.1, 0.15) is 0 Å². The molecule has 1 aliphatic heterocycles. The first kappa shape index (κ1) is 7.12. The van der Waals surface area contributed by atoms with Crippen LogP contribution in [0.3, 0.4) is 0 Å². The van der Waals surface area contributed by atoms with Crippen LogP contribution in [-0.4, -0.2) is 17.2 Å². The van der Waals surface area contributed by atoms with Crippen LogP contribution in [0.5, 0.6) is 0 Å². The van der Waals surface area contributed by atoms with E-state index < -0.39 is 12.1 Å². The van der Waals surface area contributed by atoms with E-state index in [0.29, 0.717) is 5.69 Å². The monoisotopic (exact) mass is 164 g/mol. The molecule has 0 aliphatic carbocycles. The molecule has 0 fully saturated rings. The average molecular weight is 164 g/mol. The van der Waals surface area contributed by atoms with Gasteiger partial charge in [-0.15, -0.1) is 0 Å². The van der Waals surface area contributed by atoms with Crippen LogP contribution in [0.25, 0.3) is 0 Å². The van der Waals surface area contributed by atoms with Crippen LogP contribution < -0.4 is 10.6 Å². The van der Waals surface area contributed by atoms with Crippen molar-refractivity contribution in [2.75, 3.05) is 10.6 Å². The number of aliphatic hydroxyl groups excluding tert-OH is 1. The molecule has 1 atom stereocenters. The second-order valence-corrected chi connectivity index (χ2v) is 2.58. The highest BCUT2D eigenvalue weighted by Crippen LogP contribution is 2.24. The number of hydrogen-bond acceptors (Lipinski definition) is 3. The molecule has 0 radical (unpaired) electrons. The maximum atomic E-state index is 10.9. The number of fused-ring (bicyclic) bond motifs is 1. The third kappa shape index (κ3) is 1.02. The van der Waals surface area contributed by atoms with Crippen molar-refractivity contribution in [2.24, 2.45) is 0 Å². The number of nitrogens with one attached hydrogen (secondary N) is 2. The van der Waals surface area contributed by atoms with E-state index in [0.717, 1.165) is 5.69 Å². The number of aliphatic hydroxyl groups is 1. The number of benzene rings is 1. The van der Waals surface area contributed by atoms with Crippen molar-refractivity contribution < 1.29 is 9.90 Å². The van der Waals surface area contributed by atoms with Crippen molar-refractivity contribution in [1.82, 2.24) is 0 Å². The minimum absolute atomic E-state index is 0.422. The van der Waals surface area contributed by atoms with Gasteiger partial charge in [-0.1, -0.05) is 12.1 Å². The zero-order valence-corrected chi connectivity index (χ0v) is 6.24. The van der Waals surface area contributed by atoms with Crippen molar-refractivity contribution in [3.63, 3.8) is 0 Å². The molecule has 2 rings (SSSR count). The summed E-state index contributed by atoms with van der Waals surface area (Å²) in [5.74, 6) is -0.422. The van der Waals surface area contributed by atoms with Gasteiger partial charge in [-0.3, -0.25) is 4.79 Å². The van der Waals surface area contributed by atoms with Gasteiger partial charge in [0, 0.05) is 0 Å². The van der Waals surface area contributed by atoms with Crippen LogP contribution in [-0.2, 0) is 4.79 Å². The van der Waals surface area contributed by atoms with Crippen molar-refractivity contribution in [3.05, 3.63) is 24.3 Å². The number of anilines is 2. The molecular formula is C8H8N2O2. The lowest BCUT2D eigenvalue weighted by Crippen LogP contribution is -2.38. The second-order valence-electron chi connectivity index (χ2n) is 2.58. The molecule has 12 heavy (non-hydrogen) atoms. The predicted octanol–water partition coefficient (Wildman–Crippen LogP) is 0.369. The Hall–Kier alpha value is -1.55. The Morgan fingerprint density at radius 3 is 2.67 bits per heavy atom. The summed E-state index contributed by atoms with van der Waals surface area (Å²) in [6.07, 6.45) is -1.14. The molecule has 62 valence electrons. The normalized spacial score (nSPS) is 20.8. The highest BCUT2D eigenvalue weighted by molar-refractivity contribution is 6.01. The number of para-hydroxylation sites is 2. The highest BCUT2D eigenvalue weighted by Gasteiger charge is 2.21. The van der Waals surface area contributed by atoms with E-state index in [1.807, 2.05) is 12.1 Å². The molecule has 1 aromatic carbocycles. The van der Waals surface area contributed by atoms with Crippen molar-refractivity contribution in [1.29, 1.82) is 0 Å². The lowest BCUT2D eigenvalue weighted by Gasteiger charge is -2.22. The van der Waals surface area contributed by atoms with Gasteiger partial charge in [-0.2, -0.15) is 0 Å². The molecule has 4 heteroatoms. The molecule has 0 spiro atoms. The van der Waals surface area contributed by atoms with Gasteiger partial charge in [0.2, 0.25) is 6.23 Å². The number of carbonyl (C=O) groups is 1. The number of carbonyl (C=O) groups excluding carboxylic acids is 1. The molecular weight excluding hydrogens is 156 g/mol. The maximum Gasteiger partial charge on any atom is 0.274 e. The van der Waals surface area contributed by atoms with E-state index >= 15 is 0 Å². The Morgan fingerprint density at radius 2 is 1.92 bits per heavy atom. The minimum atomic E-state index is -1.14. The molecule has 0 aromatic heterocycles. The fraction of sp³-hybridized carbons (Fsp3) is 0.125. The van der Waals surface area contributed by atoms with Gasteiger partial charge < -0.3 is 15.7 Å². The number of amides is 1. The van der Waals surface area contributed by atoms with Crippen LogP contribution in [0.4, 0.5) is 11.4 Å². The second kappa shape index (κ2) is 2.49. The van der Waals surface area contributed by atoms with Gasteiger partial charge in [-0.25, -0.2) is 0 Å². The Labute approximate surface area is 69.2 Å². The van der Waals surface area contributed by atoms with Gasteiger partial charge in [-0.05, 0) is 12.1 Å². The topological polar surface area (TPSA) is 61.4 Å². The van der Waals surface area contributed by atoms with Crippen molar-refractivity contribution in [3.8, 4) is 0 Å². The molecule has 3 N–H and O–H groups in total. The Balaban J connectivity index is 2.40. The third-order valence-corrected chi connectivity index (χ3v) is 1.73. The van der Waals surface area contributed by atoms with E-state index in [-0.39, 0.29) is 0 Å². The smallest absolute Gasteiger partial charge is 0.274 e. The first-order valence-corrected chi connectivity index (χ1v) is 3.62. The third-order valence-electron chi connectivity index (χ3n) is 1.73. The Morgan fingerprint density at radius 1 is 1.25 bits per heavy atom. The van der Waals surface area contributed by atoms with Crippen molar-refractivity contribution in [2.45, 2.75) is 6.23 Å². The molecule has 0 bridgehead atoms. The summed E-state index contributed by atoms with van der Waals surface area (Å²) >= 11 is 0. The molecule has 1 heterocycles. The summed E-state index contributed by atoms with van der Waals surface area (Å²) in [4.78, 5) is 10.9. The van der Waals surface area contributed by atoms with E-state index in [4.69, 9.17) is 5.11 Å². The molecule has 1 aliphatic rings. The van der Waals surface area contributed by atoms with Gasteiger partial charge in [0.15, 0.2) is 0 Å². The van der Waals surface area contributed by atoms with Crippen LogP contribution >= 0.6 is 0 Å². The quantitative estimate of drug-likeness (QED) is 0.519. The molecule has 1 aromatic rings. The van der Waals surface area contributed by atoms with Gasteiger partial charge in [0.25, 0.3) is 5.91 Å². The standard InChI is InChI=1S/C8H8N2O2/c11-7-8(12)10-6-4-2-1-3-5(6)9-7/h1-4,7,9,11H,(H,10,12). The largest absolute Gasteiger partial charge is 0.366 e. The summed E-state index contributed by atoms with van der Waals surface area (Å²) < 4.78 is 0. The maximum absolute atomic E-state index is 10.9. The fourth-order valence-electron chi connectivity index (χ4n) is 1.13. The molecule has 1 amide bonds. The Bertz CT molecular complexity index is 325. The lowest BCUT2D eigenvalue weighted by molar-refractivity contribution is -0.122. The summed E-state index contributed by atoms with van der Waals surface area (Å²) in [5.41, 5.74) is 1.44. The molecule has 0 saturated heterocycles. The molecule has 0 saturated carbocycles. The summed E-state index contributed by atoms with van der Waals surface area (Å²) in [6.45, 7) is 0. The zero-order valence-electron chi connectivity index (χ0n) is 6.24. The predicted molar refractivity (Wildman–Crippen MR) is 44.7 cm³/mol. The summed E-state index contributed by atoms with van der Waals surface area (Å²) in [7, 11) is 0. The molecule has 4 nitrogen and oxygen atoms in total. The number of hydrogen-bond donors (Lipinski definition) is 3. The van der Waals surface area contributed by atoms with Gasteiger partial charge in [0.1, 0.15) is 0 Å². The first-order chi connectivity index (χ1) is 5.77. The summed E-state index contributed by atoms with van der Waals surface area (Å²) in [5, 5.41) is 14.3. The van der Waals surface area contributed by atoms with Crippen LogP contribution in [0.15, 0.2) is 24.3 Å². The highest BCUT2D eigenvalue weighted by atomic mass is 16.3. The van der Waals surface area contributed by atoms with Crippen LogP contribution in [0.2, 0.25) is 0 Å². The fourth-order valence-corrected chi connectivity index (χ4v) is 1.13. The SMILES string of the molecule is O=C1Nc2ccccc2NC1O. The van der Waals surface area contributed by atoms with Gasteiger partial charge in [0.05, 0.1) is 11.4 Å². The zero-order chi connectivity index (χ0) is 8.55. The van der Waals surface area contributed by atoms with E-state index in [1.54, 1.807) is 12.1 Å². The Kier molecular flexibility index (Phi) is 1.48. The summed E-state index contributed by atoms with van der Waals surface area (Å²) in [6, 6.07) is 7.21.